The van der Waals surface area contributed by atoms with Crippen molar-refractivity contribution in [3.05, 3.63) is 24.0 Å². The molecule has 3 heterocycles. The van der Waals surface area contributed by atoms with Crippen molar-refractivity contribution in [1.82, 2.24) is 15.2 Å². The second-order valence-corrected chi connectivity index (χ2v) is 6.37. The third-order valence-corrected chi connectivity index (χ3v) is 4.64. The number of nitrogens with zero attached hydrogens (tertiary/aromatic N) is 1. The van der Waals surface area contributed by atoms with Crippen molar-refractivity contribution < 1.29 is 9.53 Å². The van der Waals surface area contributed by atoms with Gasteiger partial charge in [0.25, 0.3) is 5.91 Å². The molecule has 5 nitrogen and oxygen atoms in total. The summed E-state index contributed by atoms with van der Waals surface area (Å²) in [6, 6.07) is 4.31. The van der Waals surface area contributed by atoms with Gasteiger partial charge in [0.15, 0.2) is 0 Å². The number of ether oxygens (including phenoxy) is 1. The molecule has 1 aromatic heterocycles. The number of carbonyl (C=O) groups excluding carboxylic acids is 1. The Bertz CT molecular complexity index is 485. The van der Waals surface area contributed by atoms with E-state index in [2.05, 4.69) is 22.1 Å². The van der Waals surface area contributed by atoms with Crippen molar-refractivity contribution in [2.24, 2.45) is 0 Å². The minimum Gasteiger partial charge on any atom is -0.373 e. The Morgan fingerprint density at radius 2 is 2.33 bits per heavy atom. The van der Waals surface area contributed by atoms with Crippen molar-refractivity contribution in [1.29, 1.82) is 0 Å². The molecule has 21 heavy (non-hydrogen) atoms. The van der Waals surface area contributed by atoms with Crippen molar-refractivity contribution >= 4 is 5.91 Å². The van der Waals surface area contributed by atoms with E-state index < -0.39 is 0 Å². The van der Waals surface area contributed by atoms with Gasteiger partial charge in [-0.1, -0.05) is 0 Å². The van der Waals surface area contributed by atoms with E-state index in [-0.39, 0.29) is 11.5 Å². The van der Waals surface area contributed by atoms with Crippen molar-refractivity contribution in [3.8, 4) is 0 Å². The van der Waals surface area contributed by atoms with Crippen LogP contribution in [0.4, 0.5) is 0 Å². The molecule has 0 aromatic carbocycles. The first-order valence-electron chi connectivity index (χ1n) is 7.98. The summed E-state index contributed by atoms with van der Waals surface area (Å²) < 4.78 is 7.86. The summed E-state index contributed by atoms with van der Waals surface area (Å²) in [7, 11) is 0. The molecule has 2 N–H and O–H groups in total. The molecule has 1 atom stereocenters. The number of rotatable bonds is 4. The van der Waals surface area contributed by atoms with Gasteiger partial charge in [-0.2, -0.15) is 0 Å². The van der Waals surface area contributed by atoms with Crippen LogP contribution in [0.25, 0.3) is 0 Å². The van der Waals surface area contributed by atoms with Gasteiger partial charge < -0.3 is 19.9 Å². The summed E-state index contributed by atoms with van der Waals surface area (Å²) in [5.74, 6) is 0.00950. The number of piperidine rings is 1. The van der Waals surface area contributed by atoms with Gasteiger partial charge in [-0.25, -0.2) is 0 Å². The van der Waals surface area contributed by atoms with Crippen LogP contribution < -0.4 is 10.6 Å². The lowest BCUT2D eigenvalue weighted by molar-refractivity contribution is 0.0205. The fraction of sp³-hybridized carbons (Fsp3) is 0.688. The summed E-state index contributed by atoms with van der Waals surface area (Å²) >= 11 is 0. The predicted octanol–water partition coefficient (Wildman–Crippen LogP) is 1.71. The van der Waals surface area contributed by atoms with E-state index in [4.69, 9.17) is 4.74 Å². The molecule has 2 saturated heterocycles. The van der Waals surface area contributed by atoms with Gasteiger partial charge in [0.1, 0.15) is 5.69 Å². The topological polar surface area (TPSA) is 55.3 Å². The molecular weight excluding hydrogens is 266 g/mol. The van der Waals surface area contributed by atoms with Gasteiger partial charge in [-0.05, 0) is 57.8 Å². The summed E-state index contributed by atoms with van der Waals surface area (Å²) in [6.45, 7) is 5.51. The molecule has 5 heteroatoms. The van der Waals surface area contributed by atoms with Crippen LogP contribution in [0.1, 0.15) is 49.1 Å². The van der Waals surface area contributed by atoms with Crippen LogP contribution in [0.2, 0.25) is 0 Å². The standard InChI is InChI=1S/C16H25N3O2/c1-16(7-3-11-21-16)12-18-15(20)14-4-2-10-19(14)13-5-8-17-9-6-13/h2,4,10,13,17H,3,5-9,11-12H2,1H3,(H,18,20). The third kappa shape index (κ3) is 3.30. The van der Waals surface area contributed by atoms with Gasteiger partial charge >= 0.3 is 0 Å². The Balaban J connectivity index is 1.63. The smallest absolute Gasteiger partial charge is 0.268 e. The lowest BCUT2D eigenvalue weighted by atomic mass is 10.0. The van der Waals surface area contributed by atoms with Crippen LogP contribution in [0, 0.1) is 0 Å². The largest absolute Gasteiger partial charge is 0.373 e. The maximum atomic E-state index is 12.5. The highest BCUT2D eigenvalue weighted by Crippen LogP contribution is 2.24. The van der Waals surface area contributed by atoms with E-state index in [9.17, 15) is 4.79 Å². The number of hydrogen-bond acceptors (Lipinski definition) is 3. The highest BCUT2D eigenvalue weighted by molar-refractivity contribution is 5.92. The number of hydrogen-bond donors (Lipinski definition) is 2. The molecule has 116 valence electrons. The summed E-state index contributed by atoms with van der Waals surface area (Å²) in [5.41, 5.74) is 0.575. The predicted molar refractivity (Wildman–Crippen MR) is 81.5 cm³/mol. The minimum absolute atomic E-state index is 0.00950. The first kappa shape index (κ1) is 14.6. The van der Waals surface area contributed by atoms with E-state index in [1.165, 1.54) is 0 Å². The van der Waals surface area contributed by atoms with Crippen molar-refractivity contribution in [2.75, 3.05) is 26.2 Å². The first-order chi connectivity index (χ1) is 10.2. The average Bonchev–Trinajstić information content (AvgIpc) is 3.15. The van der Waals surface area contributed by atoms with Crippen LogP contribution in [0.5, 0.6) is 0 Å². The number of aromatic nitrogens is 1. The SMILES string of the molecule is CC1(CNC(=O)c2cccn2C2CCNCC2)CCCO1. The van der Waals surface area contributed by atoms with Crippen molar-refractivity contribution in [3.63, 3.8) is 0 Å². The molecule has 1 aromatic rings. The number of nitrogens with one attached hydrogen (secondary N) is 2. The molecule has 2 aliphatic rings. The molecular formula is C16H25N3O2. The second-order valence-electron chi connectivity index (χ2n) is 6.37. The Hall–Kier alpha value is -1.33. The van der Waals surface area contributed by atoms with Gasteiger partial charge in [-0.3, -0.25) is 4.79 Å². The quantitative estimate of drug-likeness (QED) is 0.888. The zero-order chi connectivity index (χ0) is 14.7. The maximum Gasteiger partial charge on any atom is 0.268 e. The van der Waals surface area contributed by atoms with Crippen LogP contribution in [0.3, 0.4) is 0 Å². The monoisotopic (exact) mass is 291 g/mol. The zero-order valence-corrected chi connectivity index (χ0v) is 12.7. The van der Waals surface area contributed by atoms with E-state index >= 15 is 0 Å². The molecule has 1 unspecified atom stereocenters. The molecule has 0 saturated carbocycles. The molecule has 0 radical (unpaired) electrons. The maximum absolute atomic E-state index is 12.5. The molecule has 2 fully saturated rings. The molecule has 3 rings (SSSR count). The van der Waals surface area contributed by atoms with Crippen LogP contribution in [-0.4, -0.2) is 42.3 Å². The molecule has 0 bridgehead atoms. The van der Waals surface area contributed by atoms with Crippen LogP contribution >= 0.6 is 0 Å². The first-order valence-corrected chi connectivity index (χ1v) is 7.98. The summed E-state index contributed by atoms with van der Waals surface area (Å²) in [4.78, 5) is 12.5. The van der Waals surface area contributed by atoms with Gasteiger partial charge in [0, 0.05) is 25.4 Å². The lowest BCUT2D eigenvalue weighted by Gasteiger charge is -2.27. The van der Waals surface area contributed by atoms with Crippen LogP contribution in [0.15, 0.2) is 18.3 Å². The van der Waals surface area contributed by atoms with E-state index in [1.54, 1.807) is 0 Å². The Morgan fingerprint density at radius 1 is 1.52 bits per heavy atom. The minimum atomic E-state index is -0.193. The van der Waals surface area contributed by atoms with E-state index in [0.717, 1.165) is 51.1 Å². The van der Waals surface area contributed by atoms with Gasteiger partial charge in [-0.15, -0.1) is 0 Å². The van der Waals surface area contributed by atoms with Crippen molar-refractivity contribution in [2.45, 2.75) is 44.2 Å². The summed E-state index contributed by atoms with van der Waals surface area (Å²) in [5, 5.41) is 6.41. The molecule has 0 aliphatic carbocycles. The fourth-order valence-corrected chi connectivity index (χ4v) is 3.32. The Kier molecular flexibility index (Phi) is 4.31. The summed E-state index contributed by atoms with van der Waals surface area (Å²) in [6.07, 6.45) is 6.28. The van der Waals surface area contributed by atoms with Gasteiger partial charge in [0.05, 0.1) is 5.60 Å². The third-order valence-electron chi connectivity index (χ3n) is 4.64. The molecule has 2 aliphatic heterocycles. The van der Waals surface area contributed by atoms with Gasteiger partial charge in [0.2, 0.25) is 0 Å². The van der Waals surface area contributed by atoms with Crippen LogP contribution in [-0.2, 0) is 4.74 Å². The average molecular weight is 291 g/mol. The highest BCUT2D eigenvalue weighted by atomic mass is 16.5. The lowest BCUT2D eigenvalue weighted by Crippen LogP contribution is -2.41. The second kappa shape index (κ2) is 6.20. The zero-order valence-electron chi connectivity index (χ0n) is 12.7. The van der Waals surface area contributed by atoms with E-state index in [0.29, 0.717) is 12.6 Å². The Morgan fingerprint density at radius 3 is 3.05 bits per heavy atom. The molecule has 0 spiro atoms. The Labute approximate surface area is 126 Å². The number of amides is 1. The highest BCUT2D eigenvalue weighted by Gasteiger charge is 2.30. The number of carbonyl (C=O) groups is 1. The fourth-order valence-electron chi connectivity index (χ4n) is 3.32. The molecule has 1 amide bonds. The van der Waals surface area contributed by atoms with E-state index in [1.807, 2.05) is 18.3 Å². The normalized spacial score (nSPS) is 26.9.